The van der Waals surface area contributed by atoms with E-state index < -0.39 is 23.6 Å². The van der Waals surface area contributed by atoms with Crippen LogP contribution in [0.5, 0.6) is 0 Å². The summed E-state index contributed by atoms with van der Waals surface area (Å²) in [7, 11) is 0. The third-order valence-electron chi connectivity index (χ3n) is 6.63. The van der Waals surface area contributed by atoms with Crippen molar-refractivity contribution in [2.45, 2.75) is 12.4 Å². The van der Waals surface area contributed by atoms with Gasteiger partial charge in [-0.3, -0.25) is 4.79 Å². The van der Waals surface area contributed by atoms with Crippen LogP contribution in [0.4, 0.5) is 32.0 Å². The number of para-hydroxylation sites is 2. The van der Waals surface area contributed by atoms with Crippen LogP contribution in [0.15, 0.2) is 78.9 Å². The van der Waals surface area contributed by atoms with Crippen molar-refractivity contribution >= 4 is 23.2 Å². The van der Waals surface area contributed by atoms with Gasteiger partial charge in [0.25, 0.3) is 5.91 Å². The number of aromatic nitrogens is 2. The number of halogens is 7. The molecule has 40 heavy (non-hydrogen) atoms. The van der Waals surface area contributed by atoms with E-state index in [9.17, 15) is 31.1 Å². The van der Waals surface area contributed by atoms with Gasteiger partial charge in [0.2, 0.25) is 0 Å². The Bertz CT molecular complexity index is 1520. The monoisotopic (exact) mass is 578 g/mol. The van der Waals surface area contributed by atoms with Crippen LogP contribution in [0.2, 0.25) is 5.02 Å². The van der Waals surface area contributed by atoms with Gasteiger partial charge in [0.15, 0.2) is 5.69 Å². The summed E-state index contributed by atoms with van der Waals surface area (Å²) in [6.45, 7) is 0.851. The molecule has 0 saturated carbocycles. The first-order chi connectivity index (χ1) is 18.9. The molecular weight excluding hydrogens is 558 g/mol. The lowest BCUT2D eigenvalue weighted by molar-refractivity contribution is -0.141. The number of hydrogen-bond acceptors (Lipinski definition) is 3. The summed E-state index contributed by atoms with van der Waals surface area (Å²) < 4.78 is 81.9. The Hall–Kier alpha value is -3.99. The number of benzene rings is 3. The molecule has 1 amide bonds. The minimum absolute atomic E-state index is 0.0693. The molecule has 0 unspecified atom stereocenters. The molecule has 1 fully saturated rings. The number of alkyl halides is 6. The van der Waals surface area contributed by atoms with E-state index in [0.717, 1.165) is 16.8 Å². The Morgan fingerprint density at radius 1 is 0.750 bits per heavy atom. The van der Waals surface area contributed by atoms with Crippen LogP contribution < -0.4 is 4.90 Å². The Morgan fingerprint density at radius 3 is 1.95 bits per heavy atom. The van der Waals surface area contributed by atoms with Crippen LogP contribution in [0.25, 0.3) is 16.9 Å². The predicted molar refractivity (Wildman–Crippen MR) is 139 cm³/mol. The molecule has 0 spiro atoms. The van der Waals surface area contributed by atoms with Gasteiger partial charge in [-0.25, -0.2) is 4.68 Å². The van der Waals surface area contributed by atoms with Crippen molar-refractivity contribution in [3.05, 3.63) is 101 Å². The van der Waals surface area contributed by atoms with Gasteiger partial charge in [-0.05, 0) is 42.5 Å². The molecule has 208 valence electrons. The minimum atomic E-state index is -4.68. The van der Waals surface area contributed by atoms with Crippen LogP contribution in [0.1, 0.15) is 21.6 Å². The van der Waals surface area contributed by atoms with Gasteiger partial charge in [0.05, 0.1) is 22.0 Å². The predicted octanol–water partition coefficient (Wildman–Crippen LogP) is 7.19. The first-order valence-electron chi connectivity index (χ1n) is 12.2. The quantitative estimate of drug-likeness (QED) is 0.241. The minimum Gasteiger partial charge on any atom is -0.367 e. The van der Waals surface area contributed by atoms with Gasteiger partial charge in [0, 0.05) is 43.0 Å². The Morgan fingerprint density at radius 2 is 1.35 bits per heavy atom. The van der Waals surface area contributed by atoms with Gasteiger partial charge in [-0.2, -0.15) is 31.4 Å². The van der Waals surface area contributed by atoms with Crippen molar-refractivity contribution in [3.63, 3.8) is 0 Å². The molecule has 1 aromatic heterocycles. The SMILES string of the molecule is O=C(c1ccc(-c2cc(C(F)(F)F)nn2-c2ccccc2Cl)cc1)N1CCN(c2ccccc2C(F)(F)F)CC1. The molecule has 0 radical (unpaired) electrons. The van der Waals surface area contributed by atoms with Crippen LogP contribution in [-0.4, -0.2) is 46.8 Å². The summed E-state index contributed by atoms with van der Waals surface area (Å²) in [6, 6.07) is 18.6. The summed E-state index contributed by atoms with van der Waals surface area (Å²) >= 11 is 6.22. The lowest BCUT2D eigenvalue weighted by Gasteiger charge is -2.37. The Labute approximate surface area is 230 Å². The van der Waals surface area contributed by atoms with E-state index in [1.165, 1.54) is 41.3 Å². The summed E-state index contributed by atoms with van der Waals surface area (Å²) in [5.41, 5.74) is -0.667. The smallest absolute Gasteiger partial charge is 0.367 e. The lowest BCUT2D eigenvalue weighted by atomic mass is 10.1. The summed E-state index contributed by atoms with van der Waals surface area (Å²) in [5.74, 6) is -0.328. The van der Waals surface area contributed by atoms with Gasteiger partial charge in [-0.1, -0.05) is 48.0 Å². The van der Waals surface area contributed by atoms with Crippen LogP contribution in [-0.2, 0) is 12.4 Å². The van der Waals surface area contributed by atoms with Crippen molar-refractivity contribution in [2.24, 2.45) is 0 Å². The maximum Gasteiger partial charge on any atom is 0.435 e. The normalized spacial score (nSPS) is 14.5. The van der Waals surface area contributed by atoms with E-state index in [-0.39, 0.29) is 54.2 Å². The highest BCUT2D eigenvalue weighted by molar-refractivity contribution is 6.32. The molecule has 12 heteroatoms. The average Bonchev–Trinajstić information content (AvgIpc) is 3.39. The highest BCUT2D eigenvalue weighted by atomic mass is 35.5. The van der Waals surface area contributed by atoms with Gasteiger partial charge in [-0.15, -0.1) is 0 Å². The molecule has 2 heterocycles. The van der Waals surface area contributed by atoms with Gasteiger partial charge in [0.1, 0.15) is 0 Å². The Kier molecular flexibility index (Phi) is 7.26. The fraction of sp³-hybridized carbons (Fsp3) is 0.214. The largest absolute Gasteiger partial charge is 0.435 e. The van der Waals surface area contributed by atoms with Crippen LogP contribution in [0.3, 0.4) is 0 Å². The van der Waals surface area contributed by atoms with Crippen molar-refractivity contribution < 1.29 is 31.1 Å². The number of carbonyl (C=O) groups is 1. The van der Waals surface area contributed by atoms with E-state index in [1.807, 2.05) is 0 Å². The molecule has 0 atom stereocenters. The number of nitrogens with zero attached hydrogens (tertiary/aromatic N) is 4. The van der Waals surface area contributed by atoms with Crippen molar-refractivity contribution in [1.29, 1.82) is 0 Å². The van der Waals surface area contributed by atoms with E-state index >= 15 is 0 Å². The molecular formula is C28H21ClF6N4O. The highest BCUT2D eigenvalue weighted by Gasteiger charge is 2.36. The lowest BCUT2D eigenvalue weighted by Crippen LogP contribution is -2.49. The molecule has 3 aromatic carbocycles. The summed E-state index contributed by atoms with van der Waals surface area (Å²) in [4.78, 5) is 16.3. The first kappa shape index (κ1) is 27.6. The van der Waals surface area contributed by atoms with Crippen molar-refractivity contribution in [1.82, 2.24) is 14.7 Å². The molecule has 5 rings (SSSR count). The number of carbonyl (C=O) groups excluding carboxylic acids is 1. The second kappa shape index (κ2) is 10.5. The second-order valence-electron chi connectivity index (χ2n) is 9.15. The van der Waals surface area contributed by atoms with Crippen molar-refractivity contribution in [2.75, 3.05) is 31.1 Å². The number of amides is 1. The molecule has 1 aliphatic heterocycles. The zero-order valence-corrected chi connectivity index (χ0v) is 21.4. The second-order valence-corrected chi connectivity index (χ2v) is 9.55. The molecule has 0 bridgehead atoms. The van der Waals surface area contributed by atoms with Crippen LogP contribution in [0, 0.1) is 0 Å². The fourth-order valence-corrected chi connectivity index (χ4v) is 4.85. The molecule has 4 aromatic rings. The van der Waals surface area contributed by atoms with E-state index in [2.05, 4.69) is 5.10 Å². The number of anilines is 1. The average molecular weight is 579 g/mol. The van der Waals surface area contributed by atoms with E-state index in [1.54, 1.807) is 35.2 Å². The summed E-state index contributed by atoms with van der Waals surface area (Å²) in [5, 5.41) is 3.94. The maximum atomic E-state index is 13.5. The van der Waals surface area contributed by atoms with Gasteiger partial charge < -0.3 is 9.80 Å². The third-order valence-corrected chi connectivity index (χ3v) is 6.94. The number of piperazine rings is 1. The van der Waals surface area contributed by atoms with E-state index in [4.69, 9.17) is 11.6 Å². The topological polar surface area (TPSA) is 41.4 Å². The molecule has 0 aliphatic carbocycles. The standard InChI is InChI=1S/C28H21ClF6N4O/c29-21-6-2-4-8-23(21)39-24(17-25(36-39)28(33,34)35)18-9-11-19(12-10-18)26(40)38-15-13-37(14-16-38)22-7-3-1-5-20(22)27(30,31)32/h1-12,17H,13-16H2. The number of hydrogen-bond donors (Lipinski definition) is 0. The number of rotatable bonds is 4. The van der Waals surface area contributed by atoms with E-state index in [0.29, 0.717) is 11.1 Å². The van der Waals surface area contributed by atoms with Crippen molar-refractivity contribution in [3.8, 4) is 16.9 Å². The van der Waals surface area contributed by atoms with Crippen LogP contribution >= 0.6 is 11.6 Å². The molecule has 0 N–H and O–H groups in total. The summed E-state index contributed by atoms with van der Waals surface area (Å²) in [6.07, 6.45) is -9.17. The third kappa shape index (κ3) is 5.51. The molecule has 1 saturated heterocycles. The Balaban J connectivity index is 1.35. The zero-order chi connectivity index (χ0) is 28.7. The van der Waals surface area contributed by atoms with Gasteiger partial charge >= 0.3 is 12.4 Å². The first-order valence-corrected chi connectivity index (χ1v) is 12.5. The fourth-order valence-electron chi connectivity index (χ4n) is 4.64. The molecule has 5 nitrogen and oxygen atoms in total. The maximum absolute atomic E-state index is 13.5. The zero-order valence-electron chi connectivity index (χ0n) is 20.7. The molecule has 1 aliphatic rings. The highest BCUT2D eigenvalue weighted by Crippen LogP contribution is 2.37.